The van der Waals surface area contributed by atoms with Gasteiger partial charge in [0.2, 0.25) is 11.9 Å². The molecule has 8 heteroatoms. The van der Waals surface area contributed by atoms with Crippen molar-refractivity contribution in [2.75, 3.05) is 10.6 Å². The molecule has 0 saturated carbocycles. The molecular formula is C19H19F2N5O. The van der Waals surface area contributed by atoms with Crippen molar-refractivity contribution in [1.82, 2.24) is 15.0 Å². The molecule has 3 rings (SSSR count). The van der Waals surface area contributed by atoms with Crippen molar-refractivity contribution in [2.45, 2.75) is 26.4 Å². The number of rotatable bonds is 7. The molecule has 0 bridgehead atoms. The quantitative estimate of drug-likeness (QED) is 0.621. The van der Waals surface area contributed by atoms with Crippen LogP contribution in [-0.2, 0) is 0 Å². The summed E-state index contributed by atoms with van der Waals surface area (Å²) >= 11 is 0. The molecule has 0 fully saturated rings. The van der Waals surface area contributed by atoms with Crippen LogP contribution in [0.15, 0.2) is 48.5 Å². The lowest BCUT2D eigenvalue weighted by Gasteiger charge is -2.13. The Kier molecular flexibility index (Phi) is 5.75. The van der Waals surface area contributed by atoms with Crippen LogP contribution < -0.4 is 15.4 Å². The summed E-state index contributed by atoms with van der Waals surface area (Å²) in [5.74, 6) is -0.203. The van der Waals surface area contributed by atoms with E-state index in [1.807, 2.05) is 13.8 Å². The Bertz CT molecular complexity index is 822. The molecule has 6 nitrogen and oxygen atoms in total. The summed E-state index contributed by atoms with van der Waals surface area (Å²) < 4.78 is 31.9. The summed E-state index contributed by atoms with van der Waals surface area (Å²) in [5, 5.41) is 5.98. The first-order valence-corrected chi connectivity index (χ1v) is 8.49. The van der Waals surface area contributed by atoms with Crippen molar-refractivity contribution in [3.8, 4) is 6.01 Å². The second-order valence-corrected chi connectivity index (χ2v) is 5.87. The fraction of sp³-hybridized carbons (Fsp3) is 0.211. The van der Waals surface area contributed by atoms with E-state index >= 15 is 0 Å². The summed E-state index contributed by atoms with van der Waals surface area (Å²) in [4.78, 5) is 12.8. The molecule has 0 aliphatic heterocycles. The summed E-state index contributed by atoms with van der Waals surface area (Å²) in [6.07, 6.45) is 0.706. The van der Waals surface area contributed by atoms with Crippen LogP contribution >= 0.6 is 0 Å². The Morgan fingerprint density at radius 1 is 0.815 bits per heavy atom. The van der Waals surface area contributed by atoms with E-state index in [2.05, 4.69) is 25.6 Å². The van der Waals surface area contributed by atoms with Gasteiger partial charge in [0.1, 0.15) is 11.6 Å². The average Bonchev–Trinajstić information content (AvgIpc) is 2.65. The molecule has 2 N–H and O–H groups in total. The Morgan fingerprint density at radius 3 is 1.67 bits per heavy atom. The normalized spacial score (nSPS) is 11.7. The van der Waals surface area contributed by atoms with Gasteiger partial charge in [0.15, 0.2) is 0 Å². The van der Waals surface area contributed by atoms with E-state index in [0.29, 0.717) is 11.4 Å². The van der Waals surface area contributed by atoms with E-state index < -0.39 is 0 Å². The van der Waals surface area contributed by atoms with Gasteiger partial charge < -0.3 is 15.4 Å². The van der Waals surface area contributed by atoms with Crippen LogP contribution in [0.25, 0.3) is 0 Å². The number of ether oxygens (including phenoxy) is 1. The van der Waals surface area contributed by atoms with Crippen molar-refractivity contribution < 1.29 is 13.5 Å². The molecule has 1 aromatic heterocycles. The molecule has 0 spiro atoms. The van der Waals surface area contributed by atoms with Crippen LogP contribution in [0.3, 0.4) is 0 Å². The summed E-state index contributed by atoms with van der Waals surface area (Å²) in [7, 11) is 0. The Hall–Kier alpha value is -3.29. The van der Waals surface area contributed by atoms with Gasteiger partial charge in [0.05, 0.1) is 6.10 Å². The molecule has 3 aromatic rings. The van der Waals surface area contributed by atoms with Gasteiger partial charge in [-0.2, -0.15) is 15.0 Å². The third kappa shape index (κ3) is 5.34. The summed E-state index contributed by atoms with van der Waals surface area (Å²) in [6, 6.07) is 11.8. The molecular weight excluding hydrogens is 352 g/mol. The van der Waals surface area contributed by atoms with Gasteiger partial charge in [-0.3, -0.25) is 0 Å². The number of halogens is 2. The van der Waals surface area contributed by atoms with Crippen LogP contribution in [0, 0.1) is 11.6 Å². The highest BCUT2D eigenvalue weighted by molar-refractivity contribution is 5.57. The van der Waals surface area contributed by atoms with Crippen molar-refractivity contribution in [3.05, 3.63) is 60.2 Å². The van der Waals surface area contributed by atoms with Gasteiger partial charge in [0, 0.05) is 11.4 Å². The average molecular weight is 371 g/mol. The second kappa shape index (κ2) is 8.39. The maximum atomic E-state index is 13.1. The smallest absolute Gasteiger partial charge is 0.323 e. The maximum absolute atomic E-state index is 13.1. The zero-order valence-corrected chi connectivity index (χ0v) is 14.9. The molecule has 0 saturated heterocycles. The zero-order valence-electron chi connectivity index (χ0n) is 14.9. The minimum Gasteiger partial charge on any atom is -0.460 e. The lowest BCUT2D eigenvalue weighted by Crippen LogP contribution is -2.14. The lowest BCUT2D eigenvalue weighted by atomic mass is 10.3. The Balaban J connectivity index is 1.87. The van der Waals surface area contributed by atoms with Gasteiger partial charge in [-0.25, -0.2) is 8.78 Å². The number of nitrogens with one attached hydrogen (secondary N) is 2. The fourth-order valence-corrected chi connectivity index (χ4v) is 2.11. The molecule has 2 aromatic carbocycles. The first-order chi connectivity index (χ1) is 13.0. The molecule has 27 heavy (non-hydrogen) atoms. The van der Waals surface area contributed by atoms with Crippen LogP contribution in [0.1, 0.15) is 20.3 Å². The van der Waals surface area contributed by atoms with Gasteiger partial charge in [-0.1, -0.05) is 6.92 Å². The van der Waals surface area contributed by atoms with Crippen molar-refractivity contribution in [3.63, 3.8) is 0 Å². The molecule has 0 radical (unpaired) electrons. The molecule has 1 atom stereocenters. The number of hydrogen-bond donors (Lipinski definition) is 2. The minimum absolute atomic E-state index is 0.0789. The van der Waals surface area contributed by atoms with Crippen LogP contribution in [0.4, 0.5) is 32.1 Å². The number of nitrogens with zero attached hydrogens (tertiary/aromatic N) is 3. The SMILES string of the molecule is CCC(C)Oc1nc(Nc2ccc(F)cc2)nc(Nc2ccc(F)cc2)n1. The fourth-order valence-electron chi connectivity index (χ4n) is 2.11. The van der Waals surface area contributed by atoms with E-state index in [0.717, 1.165) is 6.42 Å². The highest BCUT2D eigenvalue weighted by Crippen LogP contribution is 2.20. The molecule has 0 aliphatic rings. The first kappa shape index (κ1) is 18.5. The van der Waals surface area contributed by atoms with Crippen LogP contribution in [0.5, 0.6) is 6.01 Å². The molecule has 0 amide bonds. The molecule has 1 heterocycles. The van der Waals surface area contributed by atoms with Crippen LogP contribution in [0.2, 0.25) is 0 Å². The topological polar surface area (TPSA) is 72.0 Å². The zero-order chi connectivity index (χ0) is 19.2. The largest absolute Gasteiger partial charge is 0.460 e. The third-order valence-electron chi connectivity index (χ3n) is 3.70. The highest BCUT2D eigenvalue weighted by Gasteiger charge is 2.11. The number of anilines is 4. The Morgan fingerprint density at radius 2 is 1.26 bits per heavy atom. The molecule has 0 aliphatic carbocycles. The number of aromatic nitrogens is 3. The standard InChI is InChI=1S/C19H19F2N5O/c1-3-12(2)27-19-25-17(22-15-8-4-13(20)5-9-15)24-18(26-19)23-16-10-6-14(21)7-11-16/h4-12H,3H2,1-2H3,(H2,22,23,24,25,26). The van der Waals surface area contributed by atoms with Crippen molar-refractivity contribution in [2.24, 2.45) is 0 Å². The van der Waals surface area contributed by atoms with Gasteiger partial charge in [-0.15, -0.1) is 0 Å². The van der Waals surface area contributed by atoms with Crippen LogP contribution in [-0.4, -0.2) is 21.1 Å². The monoisotopic (exact) mass is 371 g/mol. The molecule has 140 valence electrons. The lowest BCUT2D eigenvalue weighted by molar-refractivity contribution is 0.199. The van der Waals surface area contributed by atoms with Gasteiger partial charge >= 0.3 is 6.01 Å². The van der Waals surface area contributed by atoms with E-state index in [1.165, 1.54) is 24.3 Å². The van der Waals surface area contributed by atoms with E-state index in [-0.39, 0.29) is 35.6 Å². The summed E-state index contributed by atoms with van der Waals surface area (Å²) in [5.41, 5.74) is 1.23. The predicted octanol–water partition coefficient (Wildman–Crippen LogP) is 4.81. The maximum Gasteiger partial charge on any atom is 0.323 e. The van der Waals surface area contributed by atoms with E-state index in [4.69, 9.17) is 4.74 Å². The highest BCUT2D eigenvalue weighted by atomic mass is 19.1. The first-order valence-electron chi connectivity index (χ1n) is 8.49. The third-order valence-corrected chi connectivity index (χ3v) is 3.70. The van der Waals surface area contributed by atoms with Crippen molar-refractivity contribution in [1.29, 1.82) is 0 Å². The van der Waals surface area contributed by atoms with Gasteiger partial charge in [-0.05, 0) is 61.9 Å². The molecule has 1 unspecified atom stereocenters. The second-order valence-electron chi connectivity index (χ2n) is 5.87. The summed E-state index contributed by atoms with van der Waals surface area (Å²) in [6.45, 7) is 3.89. The van der Waals surface area contributed by atoms with E-state index in [1.54, 1.807) is 24.3 Å². The minimum atomic E-state index is -0.337. The Labute approximate surface area is 155 Å². The van der Waals surface area contributed by atoms with E-state index in [9.17, 15) is 8.78 Å². The number of benzene rings is 2. The van der Waals surface area contributed by atoms with Crippen molar-refractivity contribution >= 4 is 23.3 Å². The predicted molar refractivity (Wildman–Crippen MR) is 99.6 cm³/mol. The number of hydrogen-bond acceptors (Lipinski definition) is 6. The van der Waals surface area contributed by atoms with Gasteiger partial charge in [0.25, 0.3) is 0 Å².